The lowest BCUT2D eigenvalue weighted by atomic mass is 9.86. The van der Waals surface area contributed by atoms with Crippen molar-refractivity contribution in [1.82, 2.24) is 4.90 Å². The first-order valence-corrected chi connectivity index (χ1v) is 8.31. The summed E-state index contributed by atoms with van der Waals surface area (Å²) in [5, 5.41) is 0. The molecule has 130 valence electrons. The van der Waals surface area contributed by atoms with Crippen molar-refractivity contribution in [2.75, 3.05) is 13.7 Å². The quantitative estimate of drug-likeness (QED) is 0.719. The third-order valence-electron chi connectivity index (χ3n) is 4.77. The van der Waals surface area contributed by atoms with Crippen LogP contribution in [0.3, 0.4) is 0 Å². The molecule has 4 heteroatoms. The fourth-order valence-electron chi connectivity index (χ4n) is 3.18. The molecule has 1 aliphatic rings. The summed E-state index contributed by atoms with van der Waals surface area (Å²) in [5.41, 5.74) is -0.0271. The molecule has 0 spiro atoms. The van der Waals surface area contributed by atoms with Gasteiger partial charge in [-0.2, -0.15) is 0 Å². The second-order valence-corrected chi connectivity index (χ2v) is 6.25. The maximum atomic E-state index is 13.1. The topological polar surface area (TPSA) is 38.8 Å². The van der Waals surface area contributed by atoms with Crippen LogP contribution >= 0.6 is 0 Å². The van der Waals surface area contributed by atoms with Crippen molar-refractivity contribution >= 4 is 5.91 Å². The number of ether oxygens (including phenoxy) is 2. The average molecular weight is 329 g/mol. The molecule has 0 bridgehead atoms. The summed E-state index contributed by atoms with van der Waals surface area (Å²) in [6.07, 6.45) is 3.15. The lowest BCUT2D eigenvalue weighted by Crippen LogP contribution is -2.64. The Morgan fingerprint density at radius 1 is 1.33 bits per heavy atom. The molecule has 1 saturated heterocycles. The second-order valence-electron chi connectivity index (χ2n) is 6.25. The number of morpholine rings is 1. The second kappa shape index (κ2) is 7.77. The van der Waals surface area contributed by atoms with Gasteiger partial charge in [0.2, 0.25) is 0 Å². The van der Waals surface area contributed by atoms with E-state index in [1.165, 1.54) is 0 Å². The molecule has 4 atom stereocenters. The fourth-order valence-corrected chi connectivity index (χ4v) is 3.18. The zero-order valence-electron chi connectivity index (χ0n) is 14.8. The van der Waals surface area contributed by atoms with Crippen molar-refractivity contribution in [3.8, 4) is 0 Å². The maximum absolute atomic E-state index is 13.1. The number of hydrogen-bond donors (Lipinski definition) is 0. The van der Waals surface area contributed by atoms with E-state index in [0.717, 1.165) is 5.56 Å². The van der Waals surface area contributed by atoms with Crippen molar-refractivity contribution in [2.45, 2.75) is 44.1 Å². The molecule has 4 nitrogen and oxygen atoms in total. The van der Waals surface area contributed by atoms with Gasteiger partial charge in [0.05, 0.1) is 18.8 Å². The largest absolute Gasteiger partial charge is 0.371 e. The van der Waals surface area contributed by atoms with Gasteiger partial charge in [0, 0.05) is 13.5 Å². The van der Waals surface area contributed by atoms with Gasteiger partial charge in [-0.05, 0) is 19.4 Å². The predicted octanol–water partition coefficient (Wildman–Crippen LogP) is 3.51. The average Bonchev–Trinajstić information content (AvgIpc) is 2.61. The predicted molar refractivity (Wildman–Crippen MR) is 95.7 cm³/mol. The Labute approximate surface area is 144 Å². The highest BCUT2D eigenvalue weighted by Gasteiger charge is 2.53. The van der Waals surface area contributed by atoms with Gasteiger partial charge in [-0.15, -0.1) is 13.2 Å². The number of rotatable bonds is 7. The van der Waals surface area contributed by atoms with E-state index in [2.05, 4.69) is 13.2 Å². The monoisotopic (exact) mass is 329 g/mol. The lowest BCUT2D eigenvalue weighted by molar-refractivity contribution is -0.220. The maximum Gasteiger partial charge on any atom is 0.257 e. The number of carbonyl (C=O) groups is 1. The zero-order valence-corrected chi connectivity index (χ0v) is 14.8. The first-order chi connectivity index (χ1) is 11.5. The molecule has 0 unspecified atom stereocenters. The molecule has 1 aliphatic heterocycles. The number of benzene rings is 1. The van der Waals surface area contributed by atoms with Crippen molar-refractivity contribution in [2.24, 2.45) is 0 Å². The molecule has 0 N–H and O–H groups in total. The Hall–Kier alpha value is -1.91. The summed E-state index contributed by atoms with van der Waals surface area (Å²) in [6, 6.07) is 9.92. The molecule has 1 aromatic carbocycles. The lowest BCUT2D eigenvalue weighted by Gasteiger charge is -2.49. The summed E-state index contributed by atoms with van der Waals surface area (Å²) < 4.78 is 12.2. The van der Waals surface area contributed by atoms with Crippen LogP contribution in [0.25, 0.3) is 0 Å². The molecule has 1 fully saturated rings. The SMILES string of the molecule is C=CCO[C@@H](C)[C@]1(CC=C)O[C@H](c2ccccc2)[C@H](C)N(C)C1=O. The van der Waals surface area contributed by atoms with E-state index in [0.29, 0.717) is 13.0 Å². The molecule has 0 radical (unpaired) electrons. The van der Waals surface area contributed by atoms with Crippen LogP contribution in [-0.4, -0.2) is 42.2 Å². The van der Waals surface area contributed by atoms with Crippen LogP contribution in [0.15, 0.2) is 55.6 Å². The van der Waals surface area contributed by atoms with Crippen LogP contribution in [0.2, 0.25) is 0 Å². The molecule has 0 aromatic heterocycles. The van der Waals surface area contributed by atoms with Gasteiger partial charge < -0.3 is 14.4 Å². The minimum Gasteiger partial charge on any atom is -0.371 e. The summed E-state index contributed by atoms with van der Waals surface area (Å²) in [5.74, 6) is -0.0707. The first-order valence-electron chi connectivity index (χ1n) is 8.31. The molecule has 1 aromatic rings. The molecule has 0 aliphatic carbocycles. The highest BCUT2D eigenvalue weighted by molar-refractivity contribution is 5.87. The highest BCUT2D eigenvalue weighted by atomic mass is 16.6. The molecule has 1 heterocycles. The number of carbonyl (C=O) groups excluding carboxylic acids is 1. The van der Waals surface area contributed by atoms with Crippen LogP contribution in [0, 0.1) is 0 Å². The third kappa shape index (κ3) is 3.30. The fraction of sp³-hybridized carbons (Fsp3) is 0.450. The van der Waals surface area contributed by atoms with Gasteiger partial charge in [-0.3, -0.25) is 4.79 Å². The number of hydrogen-bond acceptors (Lipinski definition) is 3. The molecule has 0 saturated carbocycles. The Morgan fingerprint density at radius 3 is 2.58 bits per heavy atom. The van der Waals surface area contributed by atoms with Crippen LogP contribution in [0.1, 0.15) is 31.9 Å². The Bertz CT molecular complexity index is 586. The van der Waals surface area contributed by atoms with Gasteiger partial charge in [0.25, 0.3) is 5.91 Å². The molecule has 24 heavy (non-hydrogen) atoms. The van der Waals surface area contributed by atoms with Crippen molar-refractivity contribution in [3.63, 3.8) is 0 Å². The van der Waals surface area contributed by atoms with E-state index in [4.69, 9.17) is 9.47 Å². The number of nitrogens with zero attached hydrogens (tertiary/aromatic N) is 1. The van der Waals surface area contributed by atoms with Gasteiger partial charge in [0.1, 0.15) is 6.10 Å². The van der Waals surface area contributed by atoms with E-state index >= 15 is 0 Å². The normalized spacial score (nSPS) is 28.5. The number of amides is 1. The van der Waals surface area contributed by atoms with Gasteiger partial charge in [-0.1, -0.05) is 42.5 Å². The van der Waals surface area contributed by atoms with Crippen LogP contribution in [0.5, 0.6) is 0 Å². The standard InChI is InChI=1S/C20H27NO3/c1-6-13-20(16(4)23-14-7-2)19(22)21(5)15(3)18(24-20)17-11-9-8-10-12-17/h6-12,15-16,18H,1-2,13-14H2,3-5H3/t15-,16-,18-,20-/m0/s1. The Kier molecular flexibility index (Phi) is 5.97. The van der Waals surface area contributed by atoms with E-state index in [1.807, 2.05) is 51.2 Å². The van der Waals surface area contributed by atoms with Crippen molar-refractivity contribution in [1.29, 1.82) is 0 Å². The van der Waals surface area contributed by atoms with Crippen LogP contribution < -0.4 is 0 Å². The molecule has 2 rings (SSSR count). The Morgan fingerprint density at radius 2 is 2.00 bits per heavy atom. The Balaban J connectivity index is 2.42. The highest BCUT2D eigenvalue weighted by Crippen LogP contribution is 2.40. The first kappa shape index (κ1) is 18.4. The van der Waals surface area contributed by atoms with Gasteiger partial charge >= 0.3 is 0 Å². The summed E-state index contributed by atoms with van der Waals surface area (Å²) >= 11 is 0. The summed E-state index contributed by atoms with van der Waals surface area (Å²) in [7, 11) is 1.82. The summed E-state index contributed by atoms with van der Waals surface area (Å²) in [6.45, 7) is 11.7. The van der Waals surface area contributed by atoms with Gasteiger partial charge in [0.15, 0.2) is 5.60 Å². The van der Waals surface area contributed by atoms with Crippen molar-refractivity contribution < 1.29 is 14.3 Å². The summed E-state index contributed by atoms with van der Waals surface area (Å²) in [4.78, 5) is 14.8. The van der Waals surface area contributed by atoms with Gasteiger partial charge in [-0.25, -0.2) is 0 Å². The smallest absolute Gasteiger partial charge is 0.257 e. The molecular weight excluding hydrogens is 302 g/mol. The minimum absolute atomic E-state index is 0.0653. The van der Waals surface area contributed by atoms with E-state index in [1.54, 1.807) is 17.1 Å². The van der Waals surface area contributed by atoms with Crippen molar-refractivity contribution in [3.05, 3.63) is 61.2 Å². The molecule has 1 amide bonds. The third-order valence-corrected chi connectivity index (χ3v) is 4.77. The number of likely N-dealkylation sites (N-methyl/N-ethyl adjacent to an activating group) is 1. The van der Waals surface area contributed by atoms with E-state index in [9.17, 15) is 4.79 Å². The van der Waals surface area contributed by atoms with E-state index < -0.39 is 11.7 Å². The van der Waals surface area contributed by atoms with Crippen LogP contribution in [-0.2, 0) is 14.3 Å². The molecular formula is C20H27NO3. The zero-order chi connectivity index (χ0) is 17.7. The van der Waals surface area contributed by atoms with E-state index in [-0.39, 0.29) is 18.1 Å². The minimum atomic E-state index is -1.08. The van der Waals surface area contributed by atoms with Crippen LogP contribution in [0.4, 0.5) is 0 Å².